The molecule has 5 heteroatoms. The zero-order valence-corrected chi connectivity index (χ0v) is 17.5. The number of rotatable bonds is 7. The quantitative estimate of drug-likeness (QED) is 0.391. The summed E-state index contributed by atoms with van der Waals surface area (Å²) in [5.74, 6) is 0.985. The highest BCUT2D eigenvalue weighted by atomic mass is 19.1. The third kappa shape index (κ3) is 4.56. The first kappa shape index (κ1) is 20.5. The molecule has 4 nitrogen and oxygen atoms in total. The molecule has 0 atom stereocenters. The number of methoxy groups -OCH3 is 2. The molecule has 4 rings (SSSR count). The molecule has 0 aliphatic rings. The maximum atomic E-state index is 14.3. The average molecular weight is 414 g/mol. The predicted octanol–water partition coefficient (Wildman–Crippen LogP) is 5.67. The van der Waals surface area contributed by atoms with E-state index in [2.05, 4.69) is 22.1 Å². The number of hydrogen-bond donors (Lipinski definition) is 0. The first-order valence-electron chi connectivity index (χ1n) is 10.00. The molecule has 156 valence electrons. The zero-order chi connectivity index (χ0) is 21.6. The van der Waals surface area contributed by atoms with Gasteiger partial charge in [0, 0.05) is 30.7 Å². The monoisotopic (exact) mass is 414 g/mol. The van der Waals surface area contributed by atoms with Gasteiger partial charge in [0.1, 0.15) is 5.82 Å². The summed E-state index contributed by atoms with van der Waals surface area (Å²) >= 11 is 0. The van der Waals surface area contributed by atoms with Gasteiger partial charge in [-0.25, -0.2) is 4.39 Å². The fourth-order valence-corrected chi connectivity index (χ4v) is 3.81. The van der Waals surface area contributed by atoms with Crippen molar-refractivity contribution in [2.24, 2.45) is 0 Å². The first-order valence-corrected chi connectivity index (χ1v) is 10.00. The van der Waals surface area contributed by atoms with Gasteiger partial charge in [-0.15, -0.1) is 0 Å². The van der Waals surface area contributed by atoms with E-state index in [0.717, 1.165) is 27.8 Å². The van der Waals surface area contributed by atoms with E-state index in [1.54, 1.807) is 32.7 Å². The summed E-state index contributed by atoms with van der Waals surface area (Å²) < 4.78 is 25.1. The van der Waals surface area contributed by atoms with Crippen LogP contribution in [0.3, 0.4) is 0 Å². The SMILES string of the molecule is COc1ccc(-c2cc(F)ccc2CC(c2cccnc2)c2cccnc2)cc1OC. The van der Waals surface area contributed by atoms with Crippen molar-refractivity contribution in [3.63, 3.8) is 0 Å². The van der Waals surface area contributed by atoms with Crippen molar-refractivity contribution in [3.8, 4) is 22.6 Å². The zero-order valence-electron chi connectivity index (χ0n) is 17.5. The Morgan fingerprint density at radius 1 is 0.806 bits per heavy atom. The van der Waals surface area contributed by atoms with Crippen LogP contribution >= 0.6 is 0 Å². The molecule has 31 heavy (non-hydrogen) atoms. The summed E-state index contributed by atoms with van der Waals surface area (Å²) in [5, 5.41) is 0. The summed E-state index contributed by atoms with van der Waals surface area (Å²) in [6.45, 7) is 0. The van der Waals surface area contributed by atoms with E-state index in [-0.39, 0.29) is 11.7 Å². The summed E-state index contributed by atoms with van der Waals surface area (Å²) in [6, 6.07) is 18.5. The lowest BCUT2D eigenvalue weighted by molar-refractivity contribution is 0.355. The average Bonchev–Trinajstić information content (AvgIpc) is 2.83. The molecule has 0 saturated heterocycles. The van der Waals surface area contributed by atoms with Crippen molar-refractivity contribution in [3.05, 3.63) is 108 Å². The van der Waals surface area contributed by atoms with Crippen LogP contribution in [0.4, 0.5) is 4.39 Å². The molecule has 0 N–H and O–H groups in total. The fourth-order valence-electron chi connectivity index (χ4n) is 3.81. The minimum Gasteiger partial charge on any atom is -0.493 e. The van der Waals surface area contributed by atoms with Crippen molar-refractivity contribution in [1.82, 2.24) is 9.97 Å². The molecule has 0 fully saturated rings. The molecule has 0 spiro atoms. The smallest absolute Gasteiger partial charge is 0.161 e. The van der Waals surface area contributed by atoms with Gasteiger partial charge < -0.3 is 9.47 Å². The van der Waals surface area contributed by atoms with Gasteiger partial charge in [-0.05, 0) is 70.6 Å². The van der Waals surface area contributed by atoms with Crippen LogP contribution in [0, 0.1) is 5.82 Å². The van der Waals surface area contributed by atoms with Crippen molar-refractivity contribution >= 4 is 0 Å². The van der Waals surface area contributed by atoms with E-state index >= 15 is 0 Å². The number of ether oxygens (including phenoxy) is 2. The Balaban J connectivity index is 1.79. The van der Waals surface area contributed by atoms with Crippen LogP contribution in [0.15, 0.2) is 85.5 Å². The largest absolute Gasteiger partial charge is 0.493 e. The topological polar surface area (TPSA) is 44.2 Å². The summed E-state index contributed by atoms with van der Waals surface area (Å²) in [7, 11) is 3.19. The normalized spacial score (nSPS) is 10.8. The van der Waals surface area contributed by atoms with Crippen LogP contribution in [0.1, 0.15) is 22.6 Å². The molecule has 0 unspecified atom stereocenters. The number of benzene rings is 2. The number of halogens is 1. The molecule has 0 saturated carbocycles. The van der Waals surface area contributed by atoms with E-state index in [9.17, 15) is 4.39 Å². The maximum absolute atomic E-state index is 14.3. The Morgan fingerprint density at radius 3 is 2.06 bits per heavy atom. The Kier molecular flexibility index (Phi) is 6.22. The number of hydrogen-bond acceptors (Lipinski definition) is 4. The van der Waals surface area contributed by atoms with Gasteiger partial charge in [0.05, 0.1) is 14.2 Å². The van der Waals surface area contributed by atoms with Crippen LogP contribution < -0.4 is 9.47 Å². The van der Waals surface area contributed by atoms with E-state index in [4.69, 9.17) is 9.47 Å². The van der Waals surface area contributed by atoms with Gasteiger partial charge in [0.15, 0.2) is 11.5 Å². The molecule has 0 aliphatic heterocycles. The Hall–Kier alpha value is -3.73. The van der Waals surface area contributed by atoms with Crippen LogP contribution in [-0.4, -0.2) is 24.2 Å². The highest BCUT2D eigenvalue weighted by Gasteiger charge is 2.19. The van der Waals surface area contributed by atoms with E-state index < -0.39 is 0 Å². The predicted molar refractivity (Wildman–Crippen MR) is 119 cm³/mol. The lowest BCUT2D eigenvalue weighted by atomic mass is 9.85. The van der Waals surface area contributed by atoms with E-state index in [1.165, 1.54) is 6.07 Å². The first-order chi connectivity index (χ1) is 15.2. The van der Waals surface area contributed by atoms with E-state index in [1.807, 2.05) is 48.8 Å². The minimum atomic E-state index is -0.284. The minimum absolute atomic E-state index is 0.0340. The molecule has 2 heterocycles. The number of pyridine rings is 2. The maximum Gasteiger partial charge on any atom is 0.161 e. The molecule has 0 aliphatic carbocycles. The standard InChI is InChI=1S/C26H23FN2O2/c1-30-25-10-8-19(14-26(25)31-2)24-15-22(27)9-7-18(24)13-23(20-5-3-11-28-16-20)21-6-4-12-29-17-21/h3-12,14-17,23H,13H2,1-2H3. The van der Waals surface area contributed by atoms with Crippen molar-refractivity contribution in [1.29, 1.82) is 0 Å². The molecule has 0 bridgehead atoms. The summed E-state index contributed by atoms with van der Waals surface area (Å²) in [6.07, 6.45) is 7.93. The van der Waals surface area contributed by atoms with Crippen LogP contribution in [0.25, 0.3) is 11.1 Å². The van der Waals surface area contributed by atoms with Crippen molar-refractivity contribution in [2.45, 2.75) is 12.3 Å². The second-order valence-corrected chi connectivity index (χ2v) is 7.20. The van der Waals surface area contributed by atoms with Gasteiger partial charge in [-0.1, -0.05) is 24.3 Å². The molecular weight excluding hydrogens is 391 g/mol. The molecule has 0 amide bonds. The molecule has 2 aromatic carbocycles. The molecular formula is C26H23FN2O2. The third-order valence-corrected chi connectivity index (χ3v) is 5.36. The molecule has 0 radical (unpaired) electrons. The van der Waals surface area contributed by atoms with Crippen molar-refractivity contribution in [2.75, 3.05) is 14.2 Å². The Labute approximate surface area is 181 Å². The summed E-state index contributed by atoms with van der Waals surface area (Å²) in [4.78, 5) is 8.60. The van der Waals surface area contributed by atoms with Gasteiger partial charge >= 0.3 is 0 Å². The molecule has 2 aromatic heterocycles. The Bertz CT molecular complexity index is 1110. The van der Waals surface area contributed by atoms with Gasteiger partial charge in [0.25, 0.3) is 0 Å². The van der Waals surface area contributed by atoms with Crippen LogP contribution in [-0.2, 0) is 6.42 Å². The highest BCUT2D eigenvalue weighted by Crippen LogP contribution is 2.36. The molecule has 4 aromatic rings. The number of nitrogens with zero attached hydrogens (tertiary/aromatic N) is 2. The van der Waals surface area contributed by atoms with Crippen LogP contribution in [0.5, 0.6) is 11.5 Å². The fraction of sp³-hybridized carbons (Fsp3) is 0.154. The second-order valence-electron chi connectivity index (χ2n) is 7.20. The van der Waals surface area contributed by atoms with E-state index in [0.29, 0.717) is 17.9 Å². The van der Waals surface area contributed by atoms with Gasteiger partial charge in [-0.3, -0.25) is 9.97 Å². The lowest BCUT2D eigenvalue weighted by Gasteiger charge is -2.20. The van der Waals surface area contributed by atoms with Crippen molar-refractivity contribution < 1.29 is 13.9 Å². The summed E-state index contributed by atoms with van der Waals surface area (Å²) in [5.41, 5.74) is 4.87. The van der Waals surface area contributed by atoms with Crippen LogP contribution in [0.2, 0.25) is 0 Å². The third-order valence-electron chi connectivity index (χ3n) is 5.36. The second kappa shape index (κ2) is 9.39. The van der Waals surface area contributed by atoms with Gasteiger partial charge in [0.2, 0.25) is 0 Å². The highest BCUT2D eigenvalue weighted by molar-refractivity contribution is 5.71. The van der Waals surface area contributed by atoms with Gasteiger partial charge in [-0.2, -0.15) is 0 Å². The lowest BCUT2D eigenvalue weighted by Crippen LogP contribution is -2.07. The number of aromatic nitrogens is 2. The Morgan fingerprint density at radius 2 is 1.48 bits per heavy atom.